The number of hydrogen-bond donors (Lipinski definition) is 2. The molecule has 0 spiro atoms. The van der Waals surface area contributed by atoms with Gasteiger partial charge < -0.3 is 15.2 Å². The molecule has 1 aliphatic heterocycles. The number of hydrogen-bond acceptors (Lipinski definition) is 3. The Hall–Kier alpha value is -1.29. The minimum atomic E-state index is -0.929. The van der Waals surface area contributed by atoms with Gasteiger partial charge in [0, 0.05) is 25.2 Å². The van der Waals surface area contributed by atoms with E-state index in [0.29, 0.717) is 0 Å². The van der Waals surface area contributed by atoms with Gasteiger partial charge in [0.1, 0.15) is 11.7 Å². The normalized spacial score (nSPS) is 35.8. The largest absolute Gasteiger partial charge is 0.478 e. The van der Waals surface area contributed by atoms with Gasteiger partial charge in [-0.25, -0.2) is 4.79 Å². The fraction of sp³-hybridized carbons (Fsp3) is 0.444. The van der Waals surface area contributed by atoms with Crippen molar-refractivity contribution in [2.75, 3.05) is 7.05 Å². The van der Waals surface area contributed by atoms with Gasteiger partial charge >= 0.3 is 5.97 Å². The predicted molar refractivity (Wildman–Crippen MR) is 46.1 cm³/mol. The van der Waals surface area contributed by atoms with E-state index in [2.05, 4.69) is 5.32 Å². The molecule has 4 heteroatoms. The first kappa shape index (κ1) is 8.31. The van der Waals surface area contributed by atoms with Crippen LogP contribution >= 0.6 is 0 Å². The molecule has 0 radical (unpaired) electrons. The SMILES string of the molecule is CNC1=CC2OC2(C=CC(=O)O)C1. The molecule has 1 aliphatic carbocycles. The zero-order valence-corrected chi connectivity index (χ0v) is 7.28. The van der Waals surface area contributed by atoms with Gasteiger partial charge in [-0.2, -0.15) is 0 Å². The Morgan fingerprint density at radius 1 is 1.92 bits per heavy atom. The quantitative estimate of drug-likeness (QED) is 0.484. The first-order valence-electron chi connectivity index (χ1n) is 4.15. The summed E-state index contributed by atoms with van der Waals surface area (Å²) in [6.07, 6.45) is 5.59. The summed E-state index contributed by atoms with van der Waals surface area (Å²) in [5.74, 6) is -0.929. The van der Waals surface area contributed by atoms with Crippen LogP contribution in [0.25, 0.3) is 0 Å². The van der Waals surface area contributed by atoms with Gasteiger partial charge in [0.15, 0.2) is 0 Å². The molecule has 1 heterocycles. The number of aliphatic carboxylic acids is 1. The minimum absolute atomic E-state index is 0.0746. The van der Waals surface area contributed by atoms with Crippen LogP contribution in [0, 0.1) is 0 Å². The molecule has 0 bridgehead atoms. The molecule has 70 valence electrons. The second-order valence-corrected chi connectivity index (χ2v) is 3.28. The lowest BCUT2D eigenvalue weighted by Crippen LogP contribution is -2.12. The Balaban J connectivity index is 2.02. The van der Waals surface area contributed by atoms with Gasteiger partial charge in [0.25, 0.3) is 0 Å². The van der Waals surface area contributed by atoms with Crippen LogP contribution in [-0.2, 0) is 9.53 Å². The van der Waals surface area contributed by atoms with Gasteiger partial charge in [0.05, 0.1) is 0 Å². The monoisotopic (exact) mass is 181 g/mol. The molecule has 0 aromatic rings. The molecular weight excluding hydrogens is 170 g/mol. The maximum Gasteiger partial charge on any atom is 0.328 e. The molecule has 2 N–H and O–H groups in total. The number of nitrogens with one attached hydrogen (secondary N) is 1. The molecule has 13 heavy (non-hydrogen) atoms. The van der Waals surface area contributed by atoms with Crippen molar-refractivity contribution in [2.24, 2.45) is 0 Å². The maximum atomic E-state index is 10.3. The van der Waals surface area contributed by atoms with Gasteiger partial charge in [0.2, 0.25) is 0 Å². The van der Waals surface area contributed by atoms with Crippen LogP contribution in [0.5, 0.6) is 0 Å². The topological polar surface area (TPSA) is 61.9 Å². The third-order valence-corrected chi connectivity index (χ3v) is 2.42. The fourth-order valence-corrected chi connectivity index (χ4v) is 1.64. The lowest BCUT2D eigenvalue weighted by molar-refractivity contribution is -0.131. The number of carboxylic acids is 1. The molecule has 2 unspecified atom stereocenters. The minimum Gasteiger partial charge on any atom is -0.478 e. The zero-order chi connectivity index (χ0) is 9.47. The zero-order valence-electron chi connectivity index (χ0n) is 7.28. The van der Waals surface area contributed by atoms with Crippen molar-refractivity contribution >= 4 is 5.97 Å². The Bertz CT molecular complexity index is 308. The molecule has 0 aromatic carbocycles. The van der Waals surface area contributed by atoms with E-state index >= 15 is 0 Å². The lowest BCUT2D eigenvalue weighted by atomic mass is 10.1. The van der Waals surface area contributed by atoms with Gasteiger partial charge in [-0.3, -0.25) is 0 Å². The number of carbonyl (C=O) groups is 1. The van der Waals surface area contributed by atoms with E-state index in [0.717, 1.165) is 18.2 Å². The number of rotatable bonds is 3. The van der Waals surface area contributed by atoms with Crippen molar-refractivity contribution in [3.05, 3.63) is 23.9 Å². The average molecular weight is 181 g/mol. The van der Waals surface area contributed by atoms with Gasteiger partial charge in [-0.1, -0.05) is 0 Å². The third-order valence-electron chi connectivity index (χ3n) is 2.42. The first-order chi connectivity index (χ1) is 6.16. The summed E-state index contributed by atoms with van der Waals surface area (Å²) < 4.78 is 5.36. The highest BCUT2D eigenvalue weighted by atomic mass is 16.6. The molecule has 4 nitrogen and oxygen atoms in total. The molecule has 2 rings (SSSR count). The number of carboxylic acid groups (broad SMARTS) is 1. The smallest absolute Gasteiger partial charge is 0.328 e. The number of epoxide rings is 1. The molecular formula is C9H11NO3. The lowest BCUT2D eigenvalue weighted by Gasteiger charge is -2.05. The summed E-state index contributed by atoms with van der Waals surface area (Å²) in [6.45, 7) is 0. The summed E-state index contributed by atoms with van der Waals surface area (Å²) >= 11 is 0. The highest BCUT2D eigenvalue weighted by molar-refractivity contribution is 5.80. The molecule has 1 fully saturated rings. The third kappa shape index (κ3) is 1.33. The van der Waals surface area contributed by atoms with Crippen LogP contribution in [0.3, 0.4) is 0 Å². The Morgan fingerprint density at radius 2 is 2.69 bits per heavy atom. The van der Waals surface area contributed by atoms with E-state index in [1.54, 1.807) is 6.08 Å². The highest BCUT2D eigenvalue weighted by Gasteiger charge is 2.57. The van der Waals surface area contributed by atoms with Crippen molar-refractivity contribution in [3.8, 4) is 0 Å². The van der Waals surface area contributed by atoms with Crippen molar-refractivity contribution in [3.63, 3.8) is 0 Å². The van der Waals surface area contributed by atoms with Crippen LogP contribution in [0.2, 0.25) is 0 Å². The first-order valence-corrected chi connectivity index (χ1v) is 4.15. The average Bonchev–Trinajstić information content (AvgIpc) is 2.66. The molecule has 2 atom stereocenters. The maximum absolute atomic E-state index is 10.3. The Morgan fingerprint density at radius 3 is 3.23 bits per heavy atom. The van der Waals surface area contributed by atoms with E-state index < -0.39 is 5.97 Å². The van der Waals surface area contributed by atoms with Crippen LogP contribution in [0.4, 0.5) is 0 Å². The van der Waals surface area contributed by atoms with E-state index in [9.17, 15) is 4.79 Å². The molecule has 0 aromatic heterocycles. The van der Waals surface area contributed by atoms with Crippen molar-refractivity contribution < 1.29 is 14.6 Å². The standard InChI is InChI=1S/C9H11NO3/c1-10-6-4-7-9(5-6,13-7)3-2-8(11)12/h2-4,7,10H,5H2,1H3,(H,11,12). The molecule has 0 amide bonds. The van der Waals surface area contributed by atoms with Crippen LogP contribution in [0.1, 0.15) is 6.42 Å². The van der Waals surface area contributed by atoms with E-state index in [-0.39, 0.29) is 11.7 Å². The summed E-state index contributed by atoms with van der Waals surface area (Å²) in [5, 5.41) is 11.5. The van der Waals surface area contributed by atoms with Crippen molar-refractivity contribution in [1.82, 2.24) is 5.32 Å². The summed E-state index contributed by atoms with van der Waals surface area (Å²) in [7, 11) is 1.85. The molecule has 1 saturated heterocycles. The molecule has 2 aliphatic rings. The van der Waals surface area contributed by atoms with E-state index in [4.69, 9.17) is 9.84 Å². The summed E-state index contributed by atoms with van der Waals surface area (Å²) in [6, 6.07) is 0. The van der Waals surface area contributed by atoms with E-state index in [1.807, 2.05) is 13.1 Å². The van der Waals surface area contributed by atoms with Crippen molar-refractivity contribution in [2.45, 2.75) is 18.1 Å². The van der Waals surface area contributed by atoms with E-state index in [1.165, 1.54) is 0 Å². The van der Waals surface area contributed by atoms with Gasteiger partial charge in [-0.15, -0.1) is 0 Å². The summed E-state index contributed by atoms with van der Waals surface area (Å²) in [4.78, 5) is 10.3. The predicted octanol–water partition coefficient (Wildman–Crippen LogP) is 0.272. The van der Waals surface area contributed by atoms with Crippen LogP contribution < -0.4 is 5.32 Å². The second kappa shape index (κ2) is 2.60. The van der Waals surface area contributed by atoms with Crippen LogP contribution in [-0.4, -0.2) is 29.8 Å². The van der Waals surface area contributed by atoms with Crippen molar-refractivity contribution in [1.29, 1.82) is 0 Å². The fourth-order valence-electron chi connectivity index (χ4n) is 1.64. The Labute approximate surface area is 75.9 Å². The molecule has 0 saturated carbocycles. The number of fused-ring (bicyclic) bond motifs is 1. The number of ether oxygens (including phenoxy) is 1. The summed E-state index contributed by atoms with van der Waals surface area (Å²) in [5.41, 5.74) is 0.766. The highest BCUT2D eigenvalue weighted by Crippen LogP contribution is 2.48. The van der Waals surface area contributed by atoms with Gasteiger partial charge in [-0.05, 0) is 12.2 Å². The Kier molecular flexibility index (Phi) is 1.66. The second-order valence-electron chi connectivity index (χ2n) is 3.28. The van der Waals surface area contributed by atoms with Crippen LogP contribution in [0.15, 0.2) is 23.9 Å².